The molecule has 4 nitrogen and oxygen atoms in total. The number of hydrogen-bond donors (Lipinski definition) is 1. The number of aryl methyl sites for hydroxylation is 2. The van der Waals surface area contributed by atoms with Gasteiger partial charge in [-0.05, 0) is 19.4 Å². The zero-order valence-electron chi connectivity index (χ0n) is 15.7. The minimum absolute atomic E-state index is 0.0116. The van der Waals surface area contributed by atoms with Crippen LogP contribution in [-0.2, 0) is 0 Å². The van der Waals surface area contributed by atoms with Crippen molar-refractivity contribution in [3.63, 3.8) is 0 Å². The average Bonchev–Trinajstić information content (AvgIpc) is 3.28. The number of aromatic nitrogens is 1. The number of aliphatic hydroxyl groups is 1. The summed E-state index contributed by atoms with van der Waals surface area (Å²) in [7, 11) is 0. The predicted molar refractivity (Wildman–Crippen MR) is 108 cm³/mol. The minimum Gasteiger partial charge on any atom is -0.362 e. The molecule has 150 valence electrons. The van der Waals surface area contributed by atoms with E-state index in [1.165, 1.54) is 0 Å². The Morgan fingerprint density at radius 1 is 0.966 bits per heavy atom. The van der Waals surface area contributed by atoms with Gasteiger partial charge >= 0.3 is 6.18 Å². The number of anilines is 1. The maximum atomic E-state index is 13.8. The molecule has 1 aliphatic rings. The molecule has 0 aliphatic carbocycles. The van der Waals surface area contributed by atoms with Crippen LogP contribution < -0.4 is 5.01 Å². The van der Waals surface area contributed by atoms with Gasteiger partial charge in [-0.15, -0.1) is 11.3 Å². The SMILES string of the molecule is Cc1ccc(C2=NN(c3nc(-c4ccc(C)cc4)cs3)[C@](O)(C(F)(F)F)C2)cc1. The third-order valence-electron chi connectivity index (χ3n) is 4.84. The van der Waals surface area contributed by atoms with Gasteiger partial charge in [-0.3, -0.25) is 0 Å². The van der Waals surface area contributed by atoms with Crippen molar-refractivity contribution in [2.75, 3.05) is 5.01 Å². The van der Waals surface area contributed by atoms with Crippen LogP contribution in [0.1, 0.15) is 23.1 Å². The van der Waals surface area contributed by atoms with Crippen LogP contribution in [0.15, 0.2) is 59.0 Å². The maximum absolute atomic E-state index is 13.8. The molecule has 0 bridgehead atoms. The van der Waals surface area contributed by atoms with Crippen LogP contribution in [0.25, 0.3) is 11.3 Å². The van der Waals surface area contributed by atoms with E-state index in [0.717, 1.165) is 28.0 Å². The fourth-order valence-corrected chi connectivity index (χ4v) is 3.94. The zero-order chi connectivity index (χ0) is 20.8. The van der Waals surface area contributed by atoms with Crippen molar-refractivity contribution >= 4 is 22.2 Å². The summed E-state index contributed by atoms with van der Waals surface area (Å²) in [6, 6.07) is 14.5. The summed E-state index contributed by atoms with van der Waals surface area (Å²) in [5.41, 5.74) is 0.938. The molecule has 0 amide bonds. The Balaban J connectivity index is 1.74. The molecule has 0 spiro atoms. The largest absolute Gasteiger partial charge is 0.438 e. The van der Waals surface area contributed by atoms with Gasteiger partial charge in [-0.25, -0.2) is 4.98 Å². The van der Waals surface area contributed by atoms with Gasteiger partial charge in [0.2, 0.25) is 5.13 Å². The second-order valence-corrected chi connectivity index (χ2v) is 7.93. The Morgan fingerprint density at radius 3 is 2.07 bits per heavy atom. The van der Waals surface area contributed by atoms with E-state index in [1.54, 1.807) is 29.6 Å². The van der Waals surface area contributed by atoms with Crippen molar-refractivity contribution in [3.8, 4) is 11.3 Å². The van der Waals surface area contributed by atoms with Crippen LogP contribution >= 0.6 is 11.3 Å². The monoisotopic (exact) mass is 417 g/mol. The smallest absolute Gasteiger partial charge is 0.362 e. The molecule has 0 saturated heterocycles. The zero-order valence-corrected chi connectivity index (χ0v) is 16.6. The van der Waals surface area contributed by atoms with Crippen LogP contribution in [0.4, 0.5) is 18.3 Å². The first kappa shape index (κ1) is 19.6. The first-order valence-electron chi connectivity index (χ1n) is 8.94. The lowest BCUT2D eigenvalue weighted by molar-refractivity contribution is -0.254. The highest BCUT2D eigenvalue weighted by Gasteiger charge is 2.62. The molecule has 1 aromatic heterocycles. The summed E-state index contributed by atoms with van der Waals surface area (Å²) >= 11 is 1.01. The van der Waals surface area contributed by atoms with E-state index in [9.17, 15) is 18.3 Å². The third-order valence-corrected chi connectivity index (χ3v) is 5.66. The number of benzene rings is 2. The first-order valence-corrected chi connectivity index (χ1v) is 9.82. The number of nitrogens with zero attached hydrogens (tertiary/aromatic N) is 3. The number of hydrogen-bond acceptors (Lipinski definition) is 5. The highest BCUT2D eigenvalue weighted by atomic mass is 32.1. The van der Waals surface area contributed by atoms with Crippen molar-refractivity contribution in [2.45, 2.75) is 32.2 Å². The number of halogens is 3. The van der Waals surface area contributed by atoms with E-state index < -0.39 is 18.3 Å². The second kappa shape index (κ2) is 6.96. The fourth-order valence-electron chi connectivity index (χ4n) is 3.09. The molecule has 4 rings (SSSR count). The van der Waals surface area contributed by atoms with Crippen molar-refractivity contribution in [3.05, 3.63) is 70.6 Å². The fraction of sp³-hybridized carbons (Fsp3) is 0.238. The van der Waals surface area contributed by atoms with Gasteiger partial charge in [0.15, 0.2) is 0 Å². The molecule has 1 atom stereocenters. The average molecular weight is 417 g/mol. The summed E-state index contributed by atoms with van der Waals surface area (Å²) in [5, 5.41) is 17.0. The molecule has 29 heavy (non-hydrogen) atoms. The lowest BCUT2D eigenvalue weighted by Crippen LogP contribution is -2.55. The molecular weight excluding hydrogens is 399 g/mol. The van der Waals surface area contributed by atoms with Crippen LogP contribution in [-0.4, -0.2) is 27.7 Å². The van der Waals surface area contributed by atoms with Gasteiger partial charge in [-0.2, -0.15) is 23.3 Å². The molecular formula is C21H18F3N3OS. The molecule has 3 aromatic rings. The Morgan fingerprint density at radius 2 is 1.52 bits per heavy atom. The van der Waals surface area contributed by atoms with E-state index in [1.807, 2.05) is 38.1 Å². The molecule has 2 heterocycles. The van der Waals surface area contributed by atoms with E-state index in [0.29, 0.717) is 16.3 Å². The van der Waals surface area contributed by atoms with Gasteiger partial charge in [0.05, 0.1) is 17.8 Å². The maximum Gasteiger partial charge on any atom is 0.438 e. The van der Waals surface area contributed by atoms with E-state index in [2.05, 4.69) is 10.1 Å². The second-order valence-electron chi connectivity index (χ2n) is 7.10. The van der Waals surface area contributed by atoms with Crippen LogP contribution in [0.3, 0.4) is 0 Å². The topological polar surface area (TPSA) is 48.7 Å². The lowest BCUT2D eigenvalue weighted by Gasteiger charge is -2.32. The summed E-state index contributed by atoms with van der Waals surface area (Å²) in [6.07, 6.45) is -5.57. The van der Waals surface area contributed by atoms with E-state index in [4.69, 9.17) is 0 Å². The molecule has 0 fully saturated rings. The summed E-state index contributed by atoms with van der Waals surface area (Å²) in [5.74, 6) is 0. The highest BCUT2D eigenvalue weighted by Crippen LogP contribution is 2.45. The Kier molecular flexibility index (Phi) is 4.71. The molecule has 0 radical (unpaired) electrons. The summed E-state index contributed by atoms with van der Waals surface area (Å²) in [4.78, 5) is 4.32. The van der Waals surface area contributed by atoms with Crippen molar-refractivity contribution < 1.29 is 18.3 Å². The van der Waals surface area contributed by atoms with E-state index in [-0.39, 0.29) is 10.8 Å². The molecule has 2 aromatic carbocycles. The van der Waals surface area contributed by atoms with Gasteiger partial charge in [-0.1, -0.05) is 59.7 Å². The van der Waals surface area contributed by atoms with Gasteiger partial charge in [0.25, 0.3) is 5.72 Å². The van der Waals surface area contributed by atoms with Crippen LogP contribution in [0.5, 0.6) is 0 Å². The highest BCUT2D eigenvalue weighted by molar-refractivity contribution is 7.14. The lowest BCUT2D eigenvalue weighted by atomic mass is 10.0. The Hall–Kier alpha value is -2.71. The minimum atomic E-state index is -4.90. The Bertz CT molecular complexity index is 1060. The summed E-state index contributed by atoms with van der Waals surface area (Å²) < 4.78 is 41.5. The quantitative estimate of drug-likeness (QED) is 0.630. The predicted octanol–water partition coefficient (Wildman–Crippen LogP) is 5.29. The number of rotatable bonds is 3. The third kappa shape index (κ3) is 3.54. The molecule has 0 saturated carbocycles. The number of hydrazone groups is 1. The van der Waals surface area contributed by atoms with Gasteiger partial charge < -0.3 is 5.11 Å². The molecule has 0 unspecified atom stereocenters. The van der Waals surface area contributed by atoms with Gasteiger partial charge in [0, 0.05) is 10.9 Å². The van der Waals surface area contributed by atoms with Crippen molar-refractivity contribution in [2.24, 2.45) is 5.10 Å². The normalized spacial score (nSPS) is 19.5. The molecule has 1 N–H and O–H groups in total. The van der Waals surface area contributed by atoms with Crippen LogP contribution in [0, 0.1) is 13.8 Å². The molecule has 1 aliphatic heterocycles. The standard InChI is InChI=1S/C21H18F3N3OS/c1-13-3-7-15(8-4-13)17-11-20(28,21(22,23)24)27(26-17)19-25-18(12-29-19)16-9-5-14(2)6-10-16/h3-10,12,28H,11H2,1-2H3/t20-/m1/s1. The van der Waals surface area contributed by atoms with Crippen molar-refractivity contribution in [1.82, 2.24) is 4.98 Å². The summed E-state index contributed by atoms with van der Waals surface area (Å²) in [6.45, 7) is 3.84. The molecule has 8 heteroatoms. The van der Waals surface area contributed by atoms with Gasteiger partial charge in [0.1, 0.15) is 0 Å². The van der Waals surface area contributed by atoms with Crippen molar-refractivity contribution in [1.29, 1.82) is 0 Å². The Labute approximate surface area is 170 Å². The first-order chi connectivity index (χ1) is 13.7. The van der Waals surface area contributed by atoms with E-state index >= 15 is 0 Å². The number of alkyl halides is 3. The van der Waals surface area contributed by atoms with Crippen LogP contribution in [0.2, 0.25) is 0 Å². The number of thiazole rings is 1.